The lowest BCUT2D eigenvalue weighted by Crippen LogP contribution is -2.35. The van der Waals surface area contributed by atoms with Crippen LogP contribution in [0.5, 0.6) is 0 Å². The van der Waals surface area contributed by atoms with Crippen LogP contribution in [0.4, 0.5) is 0 Å². The number of rotatable bonds is 4. The molecule has 1 atom stereocenters. The van der Waals surface area contributed by atoms with Crippen molar-refractivity contribution in [2.45, 2.75) is 57.5 Å². The van der Waals surface area contributed by atoms with Crippen molar-refractivity contribution in [3.63, 3.8) is 0 Å². The van der Waals surface area contributed by atoms with Crippen LogP contribution in [-0.4, -0.2) is 37.7 Å². The van der Waals surface area contributed by atoms with E-state index in [9.17, 15) is 0 Å². The van der Waals surface area contributed by atoms with E-state index < -0.39 is 0 Å². The highest BCUT2D eigenvalue weighted by Crippen LogP contribution is 2.29. The molecule has 4 heterocycles. The Hall–Kier alpha value is -2.47. The van der Waals surface area contributed by atoms with Gasteiger partial charge in [0.05, 0.1) is 5.69 Å². The monoisotopic (exact) mass is 377 g/mol. The topological polar surface area (TPSA) is 60.0 Å². The van der Waals surface area contributed by atoms with Gasteiger partial charge < -0.3 is 8.98 Å². The molecule has 0 amide bonds. The third-order valence-electron chi connectivity index (χ3n) is 5.97. The van der Waals surface area contributed by atoms with Crippen LogP contribution >= 0.6 is 0 Å². The summed E-state index contributed by atoms with van der Waals surface area (Å²) >= 11 is 0. The summed E-state index contributed by atoms with van der Waals surface area (Å²) < 4.78 is 8.12. The number of nitrogens with zero attached hydrogens (tertiary/aromatic N) is 5. The Balaban J connectivity index is 1.28. The Morgan fingerprint density at radius 3 is 2.86 bits per heavy atom. The minimum Gasteiger partial charge on any atom is -0.444 e. The second-order valence-corrected chi connectivity index (χ2v) is 8.02. The summed E-state index contributed by atoms with van der Waals surface area (Å²) in [5, 5.41) is 9.11. The first-order valence-electron chi connectivity index (χ1n) is 10.5. The van der Waals surface area contributed by atoms with Crippen LogP contribution in [-0.2, 0) is 19.5 Å². The summed E-state index contributed by atoms with van der Waals surface area (Å²) in [6, 6.07) is 10.1. The number of hydrogen-bond acceptors (Lipinski definition) is 5. The number of hydrogen-bond donors (Lipinski definition) is 0. The van der Waals surface area contributed by atoms with Gasteiger partial charge in [0, 0.05) is 37.5 Å². The van der Waals surface area contributed by atoms with Gasteiger partial charge in [0.15, 0.2) is 0 Å². The zero-order chi connectivity index (χ0) is 18.8. The minimum absolute atomic E-state index is 0.466. The van der Waals surface area contributed by atoms with E-state index in [-0.39, 0.29) is 0 Å². The molecule has 2 aliphatic heterocycles. The summed E-state index contributed by atoms with van der Waals surface area (Å²) in [6.07, 6.45) is 9.05. The van der Waals surface area contributed by atoms with Crippen molar-refractivity contribution in [1.82, 2.24) is 24.6 Å². The van der Waals surface area contributed by atoms with E-state index in [0.29, 0.717) is 11.8 Å². The van der Waals surface area contributed by atoms with Crippen LogP contribution in [0.3, 0.4) is 0 Å². The van der Waals surface area contributed by atoms with Crippen molar-refractivity contribution in [3.8, 4) is 11.5 Å². The highest BCUT2D eigenvalue weighted by molar-refractivity contribution is 5.52. The number of likely N-dealkylation sites (tertiary alicyclic amines) is 1. The molecule has 0 spiro atoms. The summed E-state index contributed by atoms with van der Waals surface area (Å²) in [4.78, 5) is 7.19. The van der Waals surface area contributed by atoms with Gasteiger partial charge in [-0.2, -0.15) is 0 Å². The number of aryl methyl sites for hydroxylation is 1. The summed E-state index contributed by atoms with van der Waals surface area (Å²) in [6.45, 7) is 4.03. The van der Waals surface area contributed by atoms with Crippen LogP contribution < -0.4 is 0 Å². The Morgan fingerprint density at radius 1 is 1.00 bits per heavy atom. The SMILES string of the molecule is c1ccc(-c2nc(CN3CCCC(c4nnc5n4CCCCC5)C3)co2)cc1. The molecule has 0 bridgehead atoms. The van der Waals surface area contributed by atoms with Crippen molar-refractivity contribution in [2.75, 3.05) is 13.1 Å². The predicted molar refractivity (Wildman–Crippen MR) is 107 cm³/mol. The fourth-order valence-electron chi connectivity index (χ4n) is 4.54. The van der Waals surface area contributed by atoms with E-state index in [1.165, 1.54) is 43.8 Å². The lowest BCUT2D eigenvalue weighted by Gasteiger charge is -2.31. The maximum atomic E-state index is 5.72. The molecule has 5 rings (SSSR count). The highest BCUT2D eigenvalue weighted by Gasteiger charge is 2.27. The predicted octanol–water partition coefficient (Wildman–Crippen LogP) is 4.04. The average Bonchev–Trinajstić information content (AvgIpc) is 3.30. The van der Waals surface area contributed by atoms with Crippen molar-refractivity contribution in [3.05, 3.63) is 53.9 Å². The number of piperidine rings is 1. The van der Waals surface area contributed by atoms with E-state index in [1.807, 2.05) is 30.3 Å². The van der Waals surface area contributed by atoms with Gasteiger partial charge in [-0.25, -0.2) is 4.98 Å². The summed E-state index contributed by atoms with van der Waals surface area (Å²) in [7, 11) is 0. The zero-order valence-corrected chi connectivity index (χ0v) is 16.3. The molecule has 6 nitrogen and oxygen atoms in total. The first-order chi connectivity index (χ1) is 13.9. The van der Waals surface area contributed by atoms with Gasteiger partial charge in [-0.1, -0.05) is 24.6 Å². The second kappa shape index (κ2) is 7.87. The van der Waals surface area contributed by atoms with Gasteiger partial charge in [0.2, 0.25) is 5.89 Å². The molecular weight excluding hydrogens is 350 g/mol. The fraction of sp³-hybridized carbons (Fsp3) is 0.500. The molecule has 0 aliphatic carbocycles. The third-order valence-corrected chi connectivity index (χ3v) is 5.97. The first-order valence-corrected chi connectivity index (χ1v) is 10.5. The van der Waals surface area contributed by atoms with Gasteiger partial charge in [-0.3, -0.25) is 4.90 Å². The van der Waals surface area contributed by atoms with Crippen molar-refractivity contribution < 1.29 is 4.42 Å². The Bertz CT molecular complexity index is 916. The smallest absolute Gasteiger partial charge is 0.226 e. The molecule has 28 heavy (non-hydrogen) atoms. The van der Waals surface area contributed by atoms with E-state index in [0.717, 1.165) is 43.9 Å². The number of fused-ring (bicyclic) bond motifs is 1. The molecule has 1 saturated heterocycles. The molecule has 6 heteroatoms. The maximum absolute atomic E-state index is 5.72. The number of aromatic nitrogens is 4. The van der Waals surface area contributed by atoms with Crippen LogP contribution in [0.15, 0.2) is 41.0 Å². The minimum atomic E-state index is 0.466. The van der Waals surface area contributed by atoms with Crippen LogP contribution in [0, 0.1) is 0 Å². The zero-order valence-electron chi connectivity index (χ0n) is 16.3. The van der Waals surface area contributed by atoms with Gasteiger partial charge in [0.25, 0.3) is 0 Å². The van der Waals surface area contributed by atoms with E-state index >= 15 is 0 Å². The molecule has 0 N–H and O–H groups in total. The molecule has 1 fully saturated rings. The van der Waals surface area contributed by atoms with Gasteiger partial charge in [0.1, 0.15) is 17.9 Å². The number of oxazole rings is 1. The average molecular weight is 377 g/mol. The second-order valence-electron chi connectivity index (χ2n) is 8.02. The summed E-state index contributed by atoms with van der Waals surface area (Å²) in [5.74, 6) is 3.56. The molecule has 1 unspecified atom stereocenters. The van der Waals surface area contributed by atoms with Crippen LogP contribution in [0.2, 0.25) is 0 Å². The lowest BCUT2D eigenvalue weighted by molar-refractivity contribution is 0.192. The molecule has 1 aromatic carbocycles. The van der Waals surface area contributed by atoms with E-state index in [2.05, 4.69) is 19.7 Å². The van der Waals surface area contributed by atoms with Gasteiger partial charge in [-0.05, 0) is 44.4 Å². The molecule has 0 saturated carbocycles. The molecule has 2 aromatic heterocycles. The van der Waals surface area contributed by atoms with Gasteiger partial charge >= 0.3 is 0 Å². The molecule has 3 aromatic rings. The standard InChI is InChI=1S/C22H27N5O/c1-3-8-17(9-4-1)22-23-19(16-28-22)15-26-12-7-10-18(14-26)21-25-24-20-11-5-2-6-13-27(20)21/h1,3-4,8-9,16,18H,2,5-7,10-15H2. The Kier molecular flexibility index (Phi) is 4.95. The van der Waals surface area contributed by atoms with Crippen LogP contribution in [0.25, 0.3) is 11.5 Å². The van der Waals surface area contributed by atoms with Gasteiger partial charge in [-0.15, -0.1) is 10.2 Å². The fourth-order valence-corrected chi connectivity index (χ4v) is 4.54. The largest absolute Gasteiger partial charge is 0.444 e. The number of benzene rings is 1. The first kappa shape index (κ1) is 17.6. The van der Waals surface area contributed by atoms with E-state index in [1.54, 1.807) is 6.26 Å². The molecule has 0 radical (unpaired) electrons. The van der Waals surface area contributed by atoms with E-state index in [4.69, 9.17) is 9.40 Å². The Morgan fingerprint density at radius 2 is 1.93 bits per heavy atom. The van der Waals surface area contributed by atoms with Crippen molar-refractivity contribution >= 4 is 0 Å². The van der Waals surface area contributed by atoms with Crippen molar-refractivity contribution in [2.24, 2.45) is 0 Å². The molecule has 2 aliphatic rings. The summed E-state index contributed by atoms with van der Waals surface area (Å²) in [5.41, 5.74) is 2.02. The molecular formula is C22H27N5O. The quantitative estimate of drug-likeness (QED) is 0.687. The maximum Gasteiger partial charge on any atom is 0.226 e. The third kappa shape index (κ3) is 3.61. The van der Waals surface area contributed by atoms with Crippen LogP contribution in [0.1, 0.15) is 55.4 Å². The Labute approximate surface area is 165 Å². The molecule has 146 valence electrons. The highest BCUT2D eigenvalue weighted by atomic mass is 16.3. The van der Waals surface area contributed by atoms with Crippen molar-refractivity contribution in [1.29, 1.82) is 0 Å². The normalized spacial score (nSPS) is 20.6. The lowest BCUT2D eigenvalue weighted by atomic mass is 9.97.